The number of hydrogen-bond donors (Lipinski definition) is 1. The number of thiophene rings is 1. The Hall–Kier alpha value is -0.400. The minimum absolute atomic E-state index is 0. The molecule has 3 heterocycles. The zero-order valence-corrected chi connectivity index (χ0v) is 17.1. The third-order valence-electron chi connectivity index (χ3n) is 5.52. The Bertz CT molecular complexity index is 647. The molecule has 1 saturated carbocycles. The maximum atomic E-state index is 4.39. The van der Waals surface area contributed by atoms with Crippen LogP contribution < -0.4 is 5.32 Å². The van der Waals surface area contributed by atoms with Gasteiger partial charge in [0.15, 0.2) is 0 Å². The van der Waals surface area contributed by atoms with Crippen molar-refractivity contribution in [2.24, 2.45) is 12.5 Å². The molecule has 7 heteroatoms. The topological polar surface area (TPSA) is 33.1 Å². The normalized spacial score (nSPS) is 21.9. The van der Waals surface area contributed by atoms with Crippen LogP contribution in [0.2, 0.25) is 0 Å². The average molecular weight is 432 g/mol. The fourth-order valence-corrected chi connectivity index (χ4v) is 5.14. The molecule has 1 aliphatic carbocycles. The van der Waals surface area contributed by atoms with E-state index in [0.29, 0.717) is 11.5 Å². The third kappa shape index (κ3) is 3.58. The second-order valence-corrected chi connectivity index (χ2v) is 8.57. The van der Waals surface area contributed by atoms with E-state index in [0.717, 1.165) is 17.6 Å². The molecule has 0 radical (unpaired) electrons. The van der Waals surface area contributed by atoms with Crippen LogP contribution in [0.25, 0.3) is 0 Å². The van der Waals surface area contributed by atoms with Gasteiger partial charge in [0.25, 0.3) is 0 Å². The van der Waals surface area contributed by atoms with Gasteiger partial charge in [-0.25, -0.2) is 0 Å². The lowest BCUT2D eigenvalue weighted by Crippen LogP contribution is -2.36. The molecule has 1 spiro atoms. The van der Waals surface area contributed by atoms with Gasteiger partial charge in [0, 0.05) is 26.2 Å². The zero-order chi connectivity index (χ0) is 15.9. The molecule has 1 aliphatic heterocycles. The molecule has 0 bridgehead atoms. The number of rotatable bonds is 5. The summed E-state index contributed by atoms with van der Waals surface area (Å²) in [6.45, 7) is 4.37. The van der Waals surface area contributed by atoms with Gasteiger partial charge in [-0.05, 0) is 76.1 Å². The number of aromatic nitrogens is 2. The Morgan fingerprint density at radius 1 is 1.42 bits per heavy atom. The molecule has 2 aromatic rings. The summed E-state index contributed by atoms with van der Waals surface area (Å²) in [5.41, 5.74) is 3.27. The number of nitrogens with one attached hydrogen (secondary N) is 1. The molecule has 2 fully saturated rings. The highest BCUT2D eigenvalue weighted by molar-refractivity contribution is 9.10. The summed E-state index contributed by atoms with van der Waals surface area (Å²) in [6.07, 6.45) is 5.91. The van der Waals surface area contributed by atoms with Crippen LogP contribution in [-0.4, -0.2) is 33.8 Å². The van der Waals surface area contributed by atoms with E-state index in [1.54, 1.807) is 11.3 Å². The quantitative estimate of drug-likeness (QED) is 0.781. The molecule has 132 valence electrons. The molecular weight excluding hydrogens is 408 g/mol. The molecule has 2 aromatic heterocycles. The molecule has 1 saturated heterocycles. The van der Waals surface area contributed by atoms with Gasteiger partial charge in [-0.15, -0.1) is 12.4 Å². The van der Waals surface area contributed by atoms with Crippen molar-refractivity contribution in [2.75, 3.05) is 13.1 Å². The molecule has 4 rings (SSSR count). The maximum Gasteiger partial charge on any atom is 0.0663 e. The molecule has 1 N–H and O–H groups in total. The van der Waals surface area contributed by atoms with Crippen molar-refractivity contribution in [3.05, 3.63) is 38.8 Å². The third-order valence-corrected chi connectivity index (χ3v) is 6.91. The smallest absolute Gasteiger partial charge is 0.0663 e. The Morgan fingerprint density at radius 2 is 2.21 bits per heavy atom. The fourth-order valence-electron chi connectivity index (χ4n) is 4.00. The lowest BCUT2D eigenvalue weighted by Gasteiger charge is -2.29. The second-order valence-electron chi connectivity index (χ2n) is 6.93. The predicted molar refractivity (Wildman–Crippen MR) is 105 cm³/mol. The van der Waals surface area contributed by atoms with Crippen LogP contribution in [-0.2, 0) is 20.1 Å². The Kier molecular flexibility index (Phi) is 5.72. The van der Waals surface area contributed by atoms with Crippen LogP contribution in [0.4, 0.5) is 0 Å². The Morgan fingerprint density at radius 3 is 2.83 bits per heavy atom. The van der Waals surface area contributed by atoms with Crippen LogP contribution in [0.15, 0.2) is 27.5 Å². The van der Waals surface area contributed by atoms with Crippen molar-refractivity contribution in [3.8, 4) is 0 Å². The molecule has 1 atom stereocenters. The highest BCUT2D eigenvalue weighted by atomic mass is 79.9. The predicted octanol–water partition coefficient (Wildman–Crippen LogP) is 3.81. The van der Waals surface area contributed by atoms with Gasteiger partial charge in [0.2, 0.25) is 0 Å². The van der Waals surface area contributed by atoms with Crippen LogP contribution in [0.3, 0.4) is 0 Å². The van der Waals surface area contributed by atoms with Gasteiger partial charge >= 0.3 is 0 Å². The zero-order valence-electron chi connectivity index (χ0n) is 13.9. The number of aryl methyl sites for hydroxylation is 1. The van der Waals surface area contributed by atoms with Crippen LogP contribution >= 0.6 is 39.7 Å². The molecule has 0 aromatic carbocycles. The molecule has 2 aliphatic rings. The van der Waals surface area contributed by atoms with E-state index in [4.69, 9.17) is 0 Å². The number of halogens is 2. The van der Waals surface area contributed by atoms with Crippen molar-refractivity contribution in [2.45, 2.75) is 38.4 Å². The highest BCUT2D eigenvalue weighted by Crippen LogP contribution is 2.56. The first-order valence-corrected chi connectivity index (χ1v) is 10.0. The van der Waals surface area contributed by atoms with Crippen molar-refractivity contribution >= 4 is 39.7 Å². The average Bonchev–Trinajstić information content (AvgIpc) is 2.88. The monoisotopic (exact) mass is 430 g/mol. The van der Waals surface area contributed by atoms with Gasteiger partial charge in [0.1, 0.15) is 0 Å². The number of hydrogen-bond acceptors (Lipinski definition) is 4. The summed E-state index contributed by atoms with van der Waals surface area (Å²) in [5.74, 6) is 0. The molecular formula is C17H24BrClN4S. The minimum Gasteiger partial charge on any atom is -0.317 e. The van der Waals surface area contributed by atoms with Gasteiger partial charge in [-0.3, -0.25) is 9.58 Å². The van der Waals surface area contributed by atoms with Crippen molar-refractivity contribution < 1.29 is 0 Å². The van der Waals surface area contributed by atoms with E-state index >= 15 is 0 Å². The molecule has 24 heavy (non-hydrogen) atoms. The summed E-state index contributed by atoms with van der Waals surface area (Å²) in [5, 5.41) is 12.4. The van der Waals surface area contributed by atoms with Gasteiger partial charge in [0.05, 0.1) is 16.4 Å². The summed E-state index contributed by atoms with van der Waals surface area (Å²) >= 11 is 5.45. The molecule has 1 unspecified atom stereocenters. The largest absolute Gasteiger partial charge is 0.317 e. The minimum atomic E-state index is 0. The standard InChI is InChI=1S/C17H23BrN4S.ClH/c1-21-15(14(18)9-20-21)11-22(10-13-2-7-23-12-13)16-8-17(16)3-5-19-6-4-17;/h2,7,9,12,16,19H,3-6,8,10-11H2,1H3;1H. The van der Waals surface area contributed by atoms with E-state index in [9.17, 15) is 0 Å². The Labute approximate surface area is 162 Å². The van der Waals surface area contributed by atoms with E-state index in [1.165, 1.54) is 43.6 Å². The van der Waals surface area contributed by atoms with Crippen LogP contribution in [0, 0.1) is 5.41 Å². The maximum absolute atomic E-state index is 4.39. The number of piperidine rings is 1. The van der Waals surface area contributed by atoms with Crippen LogP contribution in [0.1, 0.15) is 30.5 Å². The lowest BCUT2D eigenvalue weighted by atomic mass is 9.93. The summed E-state index contributed by atoms with van der Waals surface area (Å²) in [7, 11) is 2.04. The first-order valence-electron chi connectivity index (χ1n) is 8.30. The fraction of sp³-hybridized carbons (Fsp3) is 0.588. The Balaban J connectivity index is 0.00000169. The first kappa shape index (κ1) is 18.4. The van der Waals surface area contributed by atoms with Gasteiger partial charge in [-0.1, -0.05) is 0 Å². The lowest BCUT2D eigenvalue weighted by molar-refractivity contribution is 0.184. The van der Waals surface area contributed by atoms with Gasteiger partial charge < -0.3 is 5.32 Å². The molecule has 4 nitrogen and oxygen atoms in total. The van der Waals surface area contributed by atoms with Crippen molar-refractivity contribution in [1.29, 1.82) is 0 Å². The van der Waals surface area contributed by atoms with Crippen LogP contribution in [0.5, 0.6) is 0 Å². The van der Waals surface area contributed by atoms with E-state index in [2.05, 4.69) is 48.1 Å². The summed E-state index contributed by atoms with van der Waals surface area (Å²) in [4.78, 5) is 2.68. The van der Waals surface area contributed by atoms with Crippen molar-refractivity contribution in [3.63, 3.8) is 0 Å². The number of nitrogens with zero attached hydrogens (tertiary/aromatic N) is 3. The van der Waals surface area contributed by atoms with E-state index < -0.39 is 0 Å². The van der Waals surface area contributed by atoms with Crippen molar-refractivity contribution in [1.82, 2.24) is 20.0 Å². The summed E-state index contributed by atoms with van der Waals surface area (Å²) in [6, 6.07) is 2.97. The first-order chi connectivity index (χ1) is 11.2. The van der Waals surface area contributed by atoms with E-state index in [-0.39, 0.29) is 12.4 Å². The second kappa shape index (κ2) is 7.46. The summed E-state index contributed by atoms with van der Waals surface area (Å²) < 4.78 is 3.12. The SMILES string of the molecule is Cl.Cn1ncc(Br)c1CN(Cc1ccsc1)C1CC12CCNCC2. The van der Waals surface area contributed by atoms with Gasteiger partial charge in [-0.2, -0.15) is 16.4 Å². The molecule has 0 amide bonds. The van der Waals surface area contributed by atoms with E-state index in [1.807, 2.05) is 17.9 Å². The highest BCUT2D eigenvalue weighted by Gasteiger charge is 2.56.